The normalized spacial score (nSPS) is 14.7. The van der Waals surface area contributed by atoms with E-state index in [0.717, 1.165) is 0 Å². The lowest BCUT2D eigenvalue weighted by Crippen LogP contribution is -2.60. The van der Waals surface area contributed by atoms with Crippen LogP contribution in [0.4, 0.5) is 0 Å². The van der Waals surface area contributed by atoms with Gasteiger partial charge in [0.25, 0.3) is 0 Å². The number of aliphatic carboxylic acids is 1. The minimum atomic E-state index is -4.10. The van der Waals surface area contributed by atoms with Crippen LogP contribution in [0.25, 0.3) is 0 Å². The first kappa shape index (κ1) is 15.4. The quantitative estimate of drug-likeness (QED) is 0.640. The molecule has 0 bridgehead atoms. The molecule has 0 aromatic heterocycles. The van der Waals surface area contributed by atoms with E-state index in [2.05, 4.69) is 0 Å². The second-order valence-electron chi connectivity index (χ2n) is 3.89. The lowest BCUT2D eigenvalue weighted by atomic mass is 10.1. The van der Waals surface area contributed by atoms with E-state index in [1.807, 2.05) is 4.72 Å². The summed E-state index contributed by atoms with van der Waals surface area (Å²) in [6, 6.07) is 5.87. The van der Waals surface area contributed by atoms with Crippen molar-refractivity contribution in [2.75, 3.05) is 7.11 Å². The molecule has 0 fully saturated rings. The molecule has 0 aliphatic rings. The highest BCUT2D eigenvalue weighted by Crippen LogP contribution is 2.23. The Labute approximate surface area is 111 Å². The first-order chi connectivity index (χ1) is 8.77. The molecule has 0 spiro atoms. The summed E-state index contributed by atoms with van der Waals surface area (Å²) in [5.41, 5.74) is 3.47. The molecule has 0 aliphatic carbocycles. The molecule has 1 unspecified atom stereocenters. The highest BCUT2D eigenvalue weighted by molar-refractivity contribution is 7.89. The topological polar surface area (TPSA) is 119 Å². The van der Waals surface area contributed by atoms with Gasteiger partial charge < -0.3 is 15.6 Å². The fraction of sp³-hybridized carbons (Fsp3) is 0.364. The second-order valence-corrected chi connectivity index (χ2v) is 5.54. The Balaban J connectivity index is 3.22. The third-order valence-corrected chi connectivity index (χ3v) is 4.16. The largest absolute Gasteiger partial charge is 0.495 e. The van der Waals surface area contributed by atoms with Gasteiger partial charge in [-0.05, 0) is 18.6 Å². The Kier molecular flexibility index (Phi) is 4.51. The van der Waals surface area contributed by atoms with Crippen molar-refractivity contribution < 1.29 is 23.1 Å². The number of hydrogen-bond acceptors (Lipinski definition) is 5. The van der Waals surface area contributed by atoms with Gasteiger partial charge >= 0.3 is 5.97 Å². The van der Waals surface area contributed by atoms with E-state index in [0.29, 0.717) is 0 Å². The Hall–Kier alpha value is -1.64. The average molecular weight is 288 g/mol. The van der Waals surface area contributed by atoms with Gasteiger partial charge in [0.05, 0.1) is 7.11 Å². The van der Waals surface area contributed by atoms with E-state index in [-0.39, 0.29) is 17.1 Å². The number of carbonyl (C=O) groups is 1. The van der Waals surface area contributed by atoms with Crippen LogP contribution in [0.5, 0.6) is 5.75 Å². The number of carboxylic acid groups (broad SMARTS) is 1. The van der Waals surface area contributed by atoms with Crippen molar-refractivity contribution in [1.82, 2.24) is 4.72 Å². The smallest absolute Gasteiger partial charge is 0.339 e. The summed E-state index contributed by atoms with van der Waals surface area (Å²) in [6.07, 6.45) is -0.100. The first-order valence-corrected chi connectivity index (χ1v) is 6.94. The highest BCUT2D eigenvalue weighted by atomic mass is 32.2. The number of benzene rings is 1. The Morgan fingerprint density at radius 1 is 1.47 bits per heavy atom. The number of para-hydroxylation sites is 1. The summed E-state index contributed by atoms with van der Waals surface area (Å²) in [6.45, 7) is 1.47. The van der Waals surface area contributed by atoms with Crippen LogP contribution in [0, 0.1) is 0 Å². The van der Waals surface area contributed by atoms with E-state index >= 15 is 0 Å². The number of methoxy groups -OCH3 is 1. The van der Waals surface area contributed by atoms with Crippen molar-refractivity contribution >= 4 is 16.0 Å². The molecule has 1 aromatic rings. The van der Waals surface area contributed by atoms with Crippen LogP contribution in [-0.2, 0) is 14.8 Å². The van der Waals surface area contributed by atoms with Crippen LogP contribution in [-0.4, -0.2) is 32.3 Å². The summed E-state index contributed by atoms with van der Waals surface area (Å²) in [5.74, 6) is -1.34. The second kappa shape index (κ2) is 5.55. The fourth-order valence-corrected chi connectivity index (χ4v) is 2.90. The van der Waals surface area contributed by atoms with Crippen molar-refractivity contribution in [1.29, 1.82) is 0 Å². The molecule has 7 nitrogen and oxygen atoms in total. The average Bonchev–Trinajstić information content (AvgIpc) is 2.37. The molecule has 4 N–H and O–H groups in total. The molecule has 0 amide bonds. The minimum absolute atomic E-state index is 0.100. The fourth-order valence-electron chi connectivity index (χ4n) is 1.40. The third-order valence-electron chi connectivity index (χ3n) is 2.61. The van der Waals surface area contributed by atoms with Crippen LogP contribution in [0.1, 0.15) is 13.3 Å². The van der Waals surface area contributed by atoms with Gasteiger partial charge in [0.2, 0.25) is 10.0 Å². The number of carboxylic acids is 1. The number of nitrogens with two attached hydrogens (primary N) is 1. The molecular weight excluding hydrogens is 272 g/mol. The summed E-state index contributed by atoms with van der Waals surface area (Å²) in [4.78, 5) is 10.9. The molecule has 0 heterocycles. The summed E-state index contributed by atoms with van der Waals surface area (Å²) in [5, 5.41) is 8.99. The van der Waals surface area contributed by atoms with Crippen LogP contribution < -0.4 is 15.2 Å². The van der Waals surface area contributed by atoms with Crippen molar-refractivity contribution in [3.05, 3.63) is 24.3 Å². The van der Waals surface area contributed by atoms with E-state index in [9.17, 15) is 13.2 Å². The van der Waals surface area contributed by atoms with Gasteiger partial charge in [0.1, 0.15) is 10.6 Å². The lowest BCUT2D eigenvalue weighted by Gasteiger charge is -2.24. The molecular formula is C11H16N2O5S. The standard InChI is InChI=1S/C11H16N2O5S/c1-3-11(12,10(14)15)13-19(16,17)9-7-5-4-6-8(9)18-2/h4-7,13H,3,12H2,1-2H3,(H,14,15). The Morgan fingerprint density at radius 2 is 2.05 bits per heavy atom. The lowest BCUT2D eigenvalue weighted by molar-refractivity contribution is -0.144. The first-order valence-electron chi connectivity index (χ1n) is 5.46. The van der Waals surface area contributed by atoms with Crippen LogP contribution >= 0.6 is 0 Å². The maximum Gasteiger partial charge on any atom is 0.339 e. The molecule has 0 radical (unpaired) electrons. The van der Waals surface area contributed by atoms with Gasteiger partial charge in [-0.25, -0.2) is 13.2 Å². The number of nitrogens with one attached hydrogen (secondary N) is 1. The number of hydrogen-bond donors (Lipinski definition) is 3. The van der Waals surface area contributed by atoms with Crippen molar-refractivity contribution in [3.63, 3.8) is 0 Å². The Morgan fingerprint density at radius 3 is 2.53 bits per heavy atom. The van der Waals surface area contributed by atoms with Gasteiger partial charge in [-0.15, -0.1) is 0 Å². The van der Waals surface area contributed by atoms with E-state index in [4.69, 9.17) is 15.6 Å². The zero-order chi connectivity index (χ0) is 14.7. The van der Waals surface area contributed by atoms with E-state index < -0.39 is 21.7 Å². The Bertz CT molecular complexity index is 572. The van der Waals surface area contributed by atoms with Gasteiger partial charge in [-0.3, -0.25) is 0 Å². The summed E-state index contributed by atoms with van der Waals surface area (Å²) >= 11 is 0. The van der Waals surface area contributed by atoms with Crippen molar-refractivity contribution in [2.24, 2.45) is 5.73 Å². The minimum Gasteiger partial charge on any atom is -0.495 e. The molecule has 1 aromatic carbocycles. The van der Waals surface area contributed by atoms with Gasteiger partial charge in [0, 0.05) is 0 Å². The maximum absolute atomic E-state index is 12.2. The van der Waals surface area contributed by atoms with Crippen molar-refractivity contribution in [2.45, 2.75) is 23.9 Å². The van der Waals surface area contributed by atoms with Gasteiger partial charge in [-0.1, -0.05) is 19.1 Å². The van der Waals surface area contributed by atoms with Crippen LogP contribution in [0.3, 0.4) is 0 Å². The monoisotopic (exact) mass is 288 g/mol. The molecule has 8 heteroatoms. The molecule has 0 aliphatic heterocycles. The molecule has 1 atom stereocenters. The third kappa shape index (κ3) is 3.22. The van der Waals surface area contributed by atoms with Crippen molar-refractivity contribution in [3.8, 4) is 5.75 Å². The zero-order valence-corrected chi connectivity index (χ0v) is 11.4. The summed E-state index contributed by atoms with van der Waals surface area (Å²) < 4.78 is 31.2. The van der Waals surface area contributed by atoms with Gasteiger partial charge in [0.15, 0.2) is 5.66 Å². The molecule has 1 rings (SSSR count). The number of rotatable bonds is 6. The van der Waals surface area contributed by atoms with E-state index in [1.54, 1.807) is 6.07 Å². The summed E-state index contributed by atoms with van der Waals surface area (Å²) in [7, 11) is -2.78. The zero-order valence-electron chi connectivity index (χ0n) is 10.6. The molecule has 106 valence electrons. The maximum atomic E-state index is 12.2. The molecule has 0 saturated carbocycles. The predicted molar refractivity (Wildman–Crippen MR) is 68.2 cm³/mol. The number of sulfonamides is 1. The highest BCUT2D eigenvalue weighted by Gasteiger charge is 2.37. The predicted octanol–water partition coefficient (Wildman–Crippen LogP) is 0.123. The molecule has 19 heavy (non-hydrogen) atoms. The van der Waals surface area contributed by atoms with Gasteiger partial charge in [-0.2, -0.15) is 4.72 Å². The van der Waals surface area contributed by atoms with E-state index in [1.165, 1.54) is 32.2 Å². The van der Waals surface area contributed by atoms with Crippen LogP contribution in [0.15, 0.2) is 29.2 Å². The SMILES string of the molecule is CCC(N)(NS(=O)(=O)c1ccccc1OC)C(=O)O. The number of ether oxygens (including phenoxy) is 1. The molecule has 0 saturated heterocycles. The van der Waals surface area contributed by atoms with Crippen LogP contribution in [0.2, 0.25) is 0 Å².